The summed E-state index contributed by atoms with van der Waals surface area (Å²) in [5, 5.41) is 8.96. The largest absolute Gasteiger partial charge is 0.376 e. The van der Waals surface area contributed by atoms with Crippen molar-refractivity contribution in [2.45, 2.75) is 32.8 Å². The molecule has 0 spiro atoms. The minimum Gasteiger partial charge on any atom is -0.376 e. The van der Waals surface area contributed by atoms with E-state index in [9.17, 15) is 9.59 Å². The molecular formula is C31H37N5O3. The van der Waals surface area contributed by atoms with Gasteiger partial charge in [-0.25, -0.2) is 0 Å². The lowest BCUT2D eigenvalue weighted by atomic mass is 10.0. The number of carbonyl (C=O) groups is 2. The SMILES string of the molecule is CC(C)C(=O)N(CC(=O)N1CCN(c2ccc(-c3ccc(-c4ccccc4)cc3)nn2)CC1)C[C@H]1CCCO1. The summed E-state index contributed by atoms with van der Waals surface area (Å²) in [6, 6.07) is 22.6. The molecule has 5 rings (SSSR count). The van der Waals surface area contributed by atoms with Crippen LogP contribution < -0.4 is 4.90 Å². The monoisotopic (exact) mass is 527 g/mol. The van der Waals surface area contributed by atoms with E-state index in [1.165, 1.54) is 11.1 Å². The maximum Gasteiger partial charge on any atom is 0.242 e. The van der Waals surface area contributed by atoms with Crippen LogP contribution in [0, 0.1) is 5.92 Å². The minimum atomic E-state index is -0.153. The Balaban J connectivity index is 1.15. The van der Waals surface area contributed by atoms with Gasteiger partial charge in [-0.3, -0.25) is 9.59 Å². The smallest absolute Gasteiger partial charge is 0.242 e. The number of hydrogen-bond donors (Lipinski definition) is 0. The van der Waals surface area contributed by atoms with E-state index >= 15 is 0 Å². The molecule has 3 aromatic rings. The van der Waals surface area contributed by atoms with Crippen LogP contribution in [0.25, 0.3) is 22.4 Å². The third kappa shape index (κ3) is 6.63. The number of anilines is 1. The summed E-state index contributed by atoms with van der Waals surface area (Å²) in [4.78, 5) is 31.6. The lowest BCUT2D eigenvalue weighted by Gasteiger charge is -2.36. The molecule has 39 heavy (non-hydrogen) atoms. The van der Waals surface area contributed by atoms with E-state index in [-0.39, 0.29) is 30.4 Å². The van der Waals surface area contributed by atoms with Crippen molar-refractivity contribution in [3.63, 3.8) is 0 Å². The van der Waals surface area contributed by atoms with Gasteiger partial charge in [0.1, 0.15) is 0 Å². The van der Waals surface area contributed by atoms with Crippen molar-refractivity contribution in [3.05, 3.63) is 66.7 Å². The van der Waals surface area contributed by atoms with Crippen LogP contribution in [0.5, 0.6) is 0 Å². The topological polar surface area (TPSA) is 78.9 Å². The first-order chi connectivity index (χ1) is 19.0. The van der Waals surface area contributed by atoms with Crippen LogP contribution in [-0.2, 0) is 14.3 Å². The lowest BCUT2D eigenvalue weighted by Crippen LogP contribution is -2.53. The molecule has 0 N–H and O–H groups in total. The summed E-state index contributed by atoms with van der Waals surface area (Å²) in [5.41, 5.74) is 4.20. The van der Waals surface area contributed by atoms with Gasteiger partial charge in [0.15, 0.2) is 5.82 Å². The first-order valence-corrected chi connectivity index (χ1v) is 13.9. The Bertz CT molecular complexity index is 1230. The molecule has 2 aromatic carbocycles. The third-order valence-corrected chi connectivity index (χ3v) is 7.47. The summed E-state index contributed by atoms with van der Waals surface area (Å²) in [5.74, 6) is 0.644. The summed E-state index contributed by atoms with van der Waals surface area (Å²) in [6.07, 6.45) is 1.98. The fourth-order valence-electron chi connectivity index (χ4n) is 5.19. The fraction of sp³-hybridized carbons (Fsp3) is 0.419. The highest BCUT2D eigenvalue weighted by molar-refractivity contribution is 5.86. The van der Waals surface area contributed by atoms with Crippen LogP contribution in [-0.4, -0.2) is 83.8 Å². The van der Waals surface area contributed by atoms with Crippen LogP contribution in [0.3, 0.4) is 0 Å². The van der Waals surface area contributed by atoms with E-state index in [2.05, 4.69) is 51.5 Å². The molecule has 2 aliphatic rings. The molecule has 204 valence electrons. The van der Waals surface area contributed by atoms with Crippen molar-refractivity contribution >= 4 is 17.6 Å². The first-order valence-electron chi connectivity index (χ1n) is 13.9. The zero-order chi connectivity index (χ0) is 27.2. The predicted octanol–water partition coefficient (Wildman–Crippen LogP) is 4.12. The van der Waals surface area contributed by atoms with E-state index < -0.39 is 0 Å². The summed E-state index contributed by atoms with van der Waals surface area (Å²) in [6.45, 7) is 7.60. The highest BCUT2D eigenvalue weighted by Gasteiger charge is 2.29. The second-order valence-corrected chi connectivity index (χ2v) is 10.6. The number of amides is 2. The zero-order valence-electron chi connectivity index (χ0n) is 22.8. The van der Waals surface area contributed by atoms with Gasteiger partial charge in [-0.05, 0) is 36.1 Å². The van der Waals surface area contributed by atoms with Crippen molar-refractivity contribution in [1.82, 2.24) is 20.0 Å². The summed E-state index contributed by atoms with van der Waals surface area (Å²) >= 11 is 0. The molecule has 1 aromatic heterocycles. The fourth-order valence-corrected chi connectivity index (χ4v) is 5.19. The highest BCUT2D eigenvalue weighted by Crippen LogP contribution is 2.24. The Morgan fingerprint density at radius 2 is 1.59 bits per heavy atom. The van der Waals surface area contributed by atoms with Gasteiger partial charge in [0, 0.05) is 50.8 Å². The van der Waals surface area contributed by atoms with Crippen LogP contribution in [0.4, 0.5) is 5.82 Å². The van der Waals surface area contributed by atoms with Crippen molar-refractivity contribution in [1.29, 1.82) is 0 Å². The minimum absolute atomic E-state index is 0.00237. The van der Waals surface area contributed by atoms with Gasteiger partial charge in [0.2, 0.25) is 11.8 Å². The van der Waals surface area contributed by atoms with Crippen molar-refractivity contribution in [2.75, 3.05) is 50.8 Å². The van der Waals surface area contributed by atoms with E-state index in [4.69, 9.17) is 4.74 Å². The maximum atomic E-state index is 13.1. The summed E-state index contributed by atoms with van der Waals surface area (Å²) < 4.78 is 5.73. The van der Waals surface area contributed by atoms with Gasteiger partial charge in [0.25, 0.3) is 0 Å². The van der Waals surface area contributed by atoms with Gasteiger partial charge in [-0.1, -0.05) is 68.4 Å². The average molecular weight is 528 g/mol. The quantitative estimate of drug-likeness (QED) is 0.439. The van der Waals surface area contributed by atoms with Gasteiger partial charge in [0.05, 0.1) is 18.3 Å². The molecule has 8 nitrogen and oxygen atoms in total. The Morgan fingerprint density at radius 1 is 0.897 bits per heavy atom. The van der Waals surface area contributed by atoms with Crippen LogP contribution >= 0.6 is 0 Å². The van der Waals surface area contributed by atoms with Crippen LogP contribution in [0.2, 0.25) is 0 Å². The number of aromatic nitrogens is 2. The molecule has 3 heterocycles. The molecule has 2 aliphatic heterocycles. The second kappa shape index (κ2) is 12.4. The molecule has 8 heteroatoms. The van der Waals surface area contributed by atoms with E-state index in [1.807, 2.05) is 49.1 Å². The van der Waals surface area contributed by atoms with Crippen LogP contribution in [0.15, 0.2) is 66.7 Å². The highest BCUT2D eigenvalue weighted by atomic mass is 16.5. The standard InChI is InChI=1S/C31H37N5O3/c1-23(2)31(38)36(21-27-9-6-20-39-27)22-30(37)35-18-16-34(17-19-35)29-15-14-28(32-33-29)26-12-10-25(11-13-26)24-7-4-3-5-8-24/h3-5,7-8,10-15,23,27H,6,9,16-22H2,1-2H3/t27-/m1/s1. The number of nitrogens with zero attached hydrogens (tertiary/aromatic N) is 5. The van der Waals surface area contributed by atoms with Gasteiger partial charge in [-0.15, -0.1) is 10.2 Å². The Hall–Kier alpha value is -3.78. The zero-order valence-corrected chi connectivity index (χ0v) is 22.8. The normalized spacial score (nSPS) is 17.5. The van der Waals surface area contributed by atoms with Crippen molar-refractivity contribution < 1.29 is 14.3 Å². The molecule has 0 aliphatic carbocycles. The van der Waals surface area contributed by atoms with Gasteiger partial charge < -0.3 is 19.4 Å². The van der Waals surface area contributed by atoms with Crippen molar-refractivity contribution in [3.8, 4) is 22.4 Å². The number of rotatable bonds is 8. The Morgan fingerprint density at radius 3 is 2.21 bits per heavy atom. The number of carbonyl (C=O) groups excluding carboxylic acids is 2. The average Bonchev–Trinajstić information content (AvgIpc) is 3.50. The molecule has 1 atom stereocenters. The molecule has 2 saturated heterocycles. The molecule has 0 unspecified atom stereocenters. The number of hydrogen-bond acceptors (Lipinski definition) is 6. The summed E-state index contributed by atoms with van der Waals surface area (Å²) in [7, 11) is 0. The maximum absolute atomic E-state index is 13.1. The third-order valence-electron chi connectivity index (χ3n) is 7.47. The molecule has 2 amide bonds. The van der Waals surface area contributed by atoms with Crippen LogP contribution in [0.1, 0.15) is 26.7 Å². The lowest BCUT2D eigenvalue weighted by molar-refractivity contribution is -0.143. The molecule has 0 saturated carbocycles. The van der Waals surface area contributed by atoms with Gasteiger partial charge in [-0.2, -0.15) is 0 Å². The van der Waals surface area contributed by atoms with E-state index in [0.29, 0.717) is 32.7 Å². The molecule has 0 bridgehead atoms. The van der Waals surface area contributed by atoms with Crippen molar-refractivity contribution in [2.24, 2.45) is 5.92 Å². The van der Waals surface area contributed by atoms with Gasteiger partial charge >= 0.3 is 0 Å². The first kappa shape index (κ1) is 26.8. The van der Waals surface area contributed by atoms with E-state index in [1.54, 1.807) is 4.90 Å². The Kier molecular flexibility index (Phi) is 8.51. The number of benzene rings is 2. The molecular weight excluding hydrogens is 490 g/mol. The van der Waals surface area contributed by atoms with E-state index in [0.717, 1.165) is 36.5 Å². The Labute approximate surface area is 230 Å². The molecule has 2 fully saturated rings. The number of piperazine rings is 1. The number of ether oxygens (including phenoxy) is 1. The molecule has 0 radical (unpaired) electrons. The predicted molar refractivity (Wildman–Crippen MR) is 152 cm³/mol. The second-order valence-electron chi connectivity index (χ2n) is 10.6.